The topological polar surface area (TPSA) is 78.9 Å². The first-order valence-corrected chi connectivity index (χ1v) is 22.6. The van der Waals surface area contributed by atoms with Gasteiger partial charge in [-0.05, 0) is 77.0 Å². The summed E-state index contributed by atoms with van der Waals surface area (Å²) >= 11 is 0. The molecule has 0 aromatic carbocycles. The van der Waals surface area contributed by atoms with Crippen molar-refractivity contribution >= 4 is 17.9 Å². The summed E-state index contributed by atoms with van der Waals surface area (Å²) in [4.78, 5) is 37.7. The summed E-state index contributed by atoms with van der Waals surface area (Å²) in [6.45, 7) is 6.44. The van der Waals surface area contributed by atoms with Crippen LogP contribution in [-0.2, 0) is 28.6 Å². The normalized spacial score (nSPS) is 12.4. The summed E-state index contributed by atoms with van der Waals surface area (Å²) in [5.74, 6) is -0.951. The Labute approximate surface area is 333 Å². The number of carbonyl (C=O) groups is 3. The van der Waals surface area contributed by atoms with Crippen LogP contribution in [0.2, 0.25) is 0 Å². The molecule has 0 heterocycles. The largest absolute Gasteiger partial charge is 0.462 e. The SMILES string of the molecule is CC/C=C\C/C=C\C/C=C\CCCCC(=O)OC(COC(=O)CCCCC/C=C\CCCCCCCCC)COC(=O)CCCCCCCCCCCC. The maximum atomic E-state index is 12.7. The Kier molecular flexibility index (Phi) is 41.0. The van der Waals surface area contributed by atoms with E-state index >= 15 is 0 Å². The number of allylic oxidation sites excluding steroid dienone is 8. The van der Waals surface area contributed by atoms with E-state index in [0.717, 1.165) is 83.5 Å². The first-order valence-electron chi connectivity index (χ1n) is 22.6. The Morgan fingerprint density at radius 3 is 1.20 bits per heavy atom. The predicted molar refractivity (Wildman–Crippen MR) is 229 cm³/mol. The van der Waals surface area contributed by atoms with E-state index in [0.29, 0.717) is 19.3 Å². The molecule has 0 aromatic rings. The second-order valence-corrected chi connectivity index (χ2v) is 14.9. The fraction of sp³-hybridized carbons (Fsp3) is 0.771. The molecule has 1 unspecified atom stereocenters. The van der Waals surface area contributed by atoms with Crippen molar-refractivity contribution in [3.05, 3.63) is 48.6 Å². The van der Waals surface area contributed by atoms with Crippen molar-refractivity contribution in [3.8, 4) is 0 Å². The van der Waals surface area contributed by atoms with Gasteiger partial charge in [0, 0.05) is 19.3 Å². The van der Waals surface area contributed by atoms with E-state index in [1.165, 1.54) is 89.9 Å². The first-order chi connectivity index (χ1) is 26.5. The molecule has 0 spiro atoms. The Morgan fingerprint density at radius 1 is 0.389 bits per heavy atom. The summed E-state index contributed by atoms with van der Waals surface area (Å²) in [7, 11) is 0. The van der Waals surface area contributed by atoms with Gasteiger partial charge in [0.15, 0.2) is 6.10 Å². The lowest BCUT2D eigenvalue weighted by Gasteiger charge is -2.18. The van der Waals surface area contributed by atoms with Gasteiger partial charge < -0.3 is 14.2 Å². The quantitative estimate of drug-likeness (QED) is 0.0268. The minimum absolute atomic E-state index is 0.0920. The Balaban J connectivity index is 4.44. The average molecular weight is 757 g/mol. The molecular formula is C48H84O6. The van der Waals surface area contributed by atoms with E-state index in [1.54, 1.807) is 0 Å². The highest BCUT2D eigenvalue weighted by Crippen LogP contribution is 2.13. The van der Waals surface area contributed by atoms with Crippen LogP contribution in [0.15, 0.2) is 48.6 Å². The molecule has 0 saturated heterocycles. The number of esters is 3. The minimum atomic E-state index is -0.793. The van der Waals surface area contributed by atoms with Crippen molar-refractivity contribution in [2.75, 3.05) is 13.2 Å². The molecular weight excluding hydrogens is 673 g/mol. The monoisotopic (exact) mass is 757 g/mol. The molecule has 0 radical (unpaired) electrons. The summed E-state index contributed by atoms with van der Waals surface area (Å²) in [5.41, 5.74) is 0. The molecule has 0 aliphatic heterocycles. The Hall–Kier alpha value is -2.63. The van der Waals surface area contributed by atoms with Gasteiger partial charge in [0.25, 0.3) is 0 Å². The maximum absolute atomic E-state index is 12.7. The highest BCUT2D eigenvalue weighted by Gasteiger charge is 2.19. The number of rotatable bonds is 40. The number of hydrogen-bond donors (Lipinski definition) is 0. The van der Waals surface area contributed by atoms with Gasteiger partial charge in [0.05, 0.1) is 0 Å². The molecule has 6 nitrogen and oxygen atoms in total. The zero-order chi connectivity index (χ0) is 39.4. The third-order valence-corrected chi connectivity index (χ3v) is 9.57. The highest BCUT2D eigenvalue weighted by atomic mass is 16.6. The molecule has 0 amide bonds. The van der Waals surface area contributed by atoms with Crippen molar-refractivity contribution in [3.63, 3.8) is 0 Å². The van der Waals surface area contributed by atoms with Crippen LogP contribution in [0.25, 0.3) is 0 Å². The molecule has 0 rings (SSSR count). The lowest BCUT2D eigenvalue weighted by Crippen LogP contribution is -2.30. The fourth-order valence-electron chi connectivity index (χ4n) is 6.16. The zero-order valence-corrected chi connectivity index (χ0v) is 35.5. The molecule has 0 aliphatic rings. The average Bonchev–Trinajstić information content (AvgIpc) is 3.17. The summed E-state index contributed by atoms with van der Waals surface area (Å²) < 4.78 is 16.6. The third kappa shape index (κ3) is 40.6. The highest BCUT2D eigenvalue weighted by molar-refractivity contribution is 5.71. The van der Waals surface area contributed by atoms with Crippen LogP contribution in [0.1, 0.15) is 220 Å². The van der Waals surface area contributed by atoms with Crippen LogP contribution < -0.4 is 0 Å². The van der Waals surface area contributed by atoms with Crippen molar-refractivity contribution < 1.29 is 28.6 Å². The number of hydrogen-bond acceptors (Lipinski definition) is 6. The third-order valence-electron chi connectivity index (χ3n) is 9.57. The molecule has 312 valence electrons. The van der Waals surface area contributed by atoms with Gasteiger partial charge >= 0.3 is 17.9 Å². The predicted octanol–water partition coefficient (Wildman–Crippen LogP) is 14.4. The molecule has 0 aliphatic carbocycles. The van der Waals surface area contributed by atoms with Gasteiger partial charge in [0.1, 0.15) is 13.2 Å². The van der Waals surface area contributed by atoms with E-state index in [1.807, 2.05) is 0 Å². The van der Waals surface area contributed by atoms with Gasteiger partial charge in [0.2, 0.25) is 0 Å². The fourth-order valence-corrected chi connectivity index (χ4v) is 6.16. The second-order valence-electron chi connectivity index (χ2n) is 14.9. The van der Waals surface area contributed by atoms with E-state index in [2.05, 4.69) is 69.4 Å². The minimum Gasteiger partial charge on any atom is -0.462 e. The standard InChI is InChI=1S/C48H84O6/c1-4-7-10-13-16-19-22-24-25-27-29-32-35-38-41-47(50)53-44-45(43-52-46(49)40-37-34-31-28-21-18-15-12-9-6-3)54-48(51)42-39-36-33-30-26-23-20-17-14-11-8-5-2/h8,11,17,20,25-27,30,45H,4-7,9-10,12-16,18-19,21-24,28-29,31-44H2,1-3H3/b11-8-,20-17-,27-25-,30-26-. The van der Waals surface area contributed by atoms with Gasteiger partial charge in [-0.25, -0.2) is 0 Å². The first kappa shape index (κ1) is 51.4. The zero-order valence-electron chi connectivity index (χ0n) is 35.5. The van der Waals surface area contributed by atoms with Crippen LogP contribution >= 0.6 is 0 Å². The summed E-state index contributed by atoms with van der Waals surface area (Å²) in [5, 5.41) is 0. The molecule has 0 aromatic heterocycles. The molecule has 0 bridgehead atoms. The summed E-state index contributed by atoms with van der Waals surface area (Å²) in [6.07, 6.45) is 49.6. The van der Waals surface area contributed by atoms with Crippen LogP contribution in [0, 0.1) is 0 Å². The van der Waals surface area contributed by atoms with Gasteiger partial charge in [-0.3, -0.25) is 14.4 Å². The smallest absolute Gasteiger partial charge is 0.306 e. The molecule has 54 heavy (non-hydrogen) atoms. The van der Waals surface area contributed by atoms with Crippen LogP contribution in [0.3, 0.4) is 0 Å². The lowest BCUT2D eigenvalue weighted by molar-refractivity contribution is -0.167. The van der Waals surface area contributed by atoms with Gasteiger partial charge in [-0.15, -0.1) is 0 Å². The van der Waals surface area contributed by atoms with E-state index in [4.69, 9.17) is 14.2 Å². The Bertz CT molecular complexity index is 964. The molecule has 6 heteroatoms. The Morgan fingerprint density at radius 2 is 0.722 bits per heavy atom. The molecule has 0 N–H and O–H groups in total. The number of ether oxygens (including phenoxy) is 3. The lowest BCUT2D eigenvalue weighted by atomic mass is 10.1. The molecule has 1 atom stereocenters. The van der Waals surface area contributed by atoms with E-state index in [-0.39, 0.29) is 37.5 Å². The molecule has 0 saturated carbocycles. The molecule has 0 fully saturated rings. The van der Waals surface area contributed by atoms with Gasteiger partial charge in [-0.2, -0.15) is 0 Å². The van der Waals surface area contributed by atoms with Crippen LogP contribution in [0.5, 0.6) is 0 Å². The summed E-state index contributed by atoms with van der Waals surface area (Å²) in [6, 6.07) is 0. The van der Waals surface area contributed by atoms with Crippen molar-refractivity contribution in [1.29, 1.82) is 0 Å². The second kappa shape index (κ2) is 43.1. The number of unbranched alkanes of at least 4 members (excludes halogenated alkanes) is 21. The van der Waals surface area contributed by atoms with Gasteiger partial charge in [-0.1, -0.05) is 172 Å². The van der Waals surface area contributed by atoms with E-state index in [9.17, 15) is 14.4 Å². The van der Waals surface area contributed by atoms with Crippen LogP contribution in [0.4, 0.5) is 0 Å². The van der Waals surface area contributed by atoms with Crippen molar-refractivity contribution in [2.45, 2.75) is 226 Å². The van der Waals surface area contributed by atoms with E-state index < -0.39 is 6.10 Å². The number of carbonyl (C=O) groups excluding carboxylic acids is 3. The van der Waals surface area contributed by atoms with Crippen LogP contribution in [-0.4, -0.2) is 37.2 Å². The van der Waals surface area contributed by atoms with Crippen molar-refractivity contribution in [1.82, 2.24) is 0 Å². The maximum Gasteiger partial charge on any atom is 0.306 e. The van der Waals surface area contributed by atoms with Crippen molar-refractivity contribution in [2.24, 2.45) is 0 Å².